The maximum absolute atomic E-state index is 11.8. The molecule has 0 rings (SSSR count). The molecule has 0 aromatic carbocycles. The Labute approximate surface area is 243 Å². The van der Waals surface area contributed by atoms with Crippen molar-refractivity contribution in [2.75, 3.05) is 40.1 Å². The first-order chi connectivity index (χ1) is 18.7. The Morgan fingerprint density at radius 3 is 1.62 bits per heavy atom. The first kappa shape index (κ1) is 38.1. The van der Waals surface area contributed by atoms with Gasteiger partial charge in [0.25, 0.3) is 0 Å². The van der Waals surface area contributed by atoms with E-state index in [-0.39, 0.29) is 17.3 Å². The van der Waals surface area contributed by atoms with Crippen molar-refractivity contribution in [3.8, 4) is 0 Å². The second-order valence-electron chi connectivity index (χ2n) is 12.4. The van der Waals surface area contributed by atoms with E-state index in [1.54, 1.807) is 7.11 Å². The zero-order valence-electron chi connectivity index (χ0n) is 27.0. The summed E-state index contributed by atoms with van der Waals surface area (Å²) >= 11 is 0. The number of hydrogen-bond acceptors (Lipinski definition) is 5. The largest absolute Gasteiger partial charge is 0.449 e. The number of alkyl carbamates (subject to hydrolysis) is 1. The molecule has 0 spiro atoms. The molecule has 0 aliphatic heterocycles. The lowest BCUT2D eigenvalue weighted by atomic mass is 10.0. The summed E-state index contributed by atoms with van der Waals surface area (Å²) in [6.45, 7) is 13.4. The summed E-state index contributed by atoms with van der Waals surface area (Å²) in [5.74, 6) is 0. The van der Waals surface area contributed by atoms with E-state index in [4.69, 9.17) is 18.9 Å². The number of carbonyl (C=O) groups excluding carboxylic acids is 1. The second-order valence-corrected chi connectivity index (χ2v) is 12.4. The molecule has 0 saturated heterocycles. The lowest BCUT2D eigenvalue weighted by Gasteiger charge is -2.31. The number of methoxy groups -OCH3 is 1. The van der Waals surface area contributed by atoms with Gasteiger partial charge in [0.1, 0.15) is 0 Å². The molecule has 6 heteroatoms. The quantitative estimate of drug-likeness (QED) is 0.0928. The van der Waals surface area contributed by atoms with Crippen LogP contribution in [0.2, 0.25) is 0 Å². The van der Waals surface area contributed by atoms with Crippen molar-refractivity contribution in [1.82, 2.24) is 5.32 Å². The maximum Gasteiger partial charge on any atom is 0.407 e. The van der Waals surface area contributed by atoms with Gasteiger partial charge in [-0.15, -0.1) is 0 Å². The summed E-state index contributed by atoms with van der Waals surface area (Å²) in [6, 6.07) is 0. The standard InChI is InChI=1S/C33H67NO5/c1-7-8-9-10-11-12-13-14-15-16-17-18-19-20-21-22-27-37-28-24-29-38-31(35)34-26-23-25-32(2,3)39-30-33(4,5)36-6/h7-30H2,1-6H3,(H,34,35). The number of rotatable bonds is 29. The summed E-state index contributed by atoms with van der Waals surface area (Å²) in [5, 5.41) is 2.82. The summed E-state index contributed by atoms with van der Waals surface area (Å²) in [6.07, 6.45) is 24.2. The molecule has 1 amide bonds. The highest BCUT2D eigenvalue weighted by Gasteiger charge is 2.24. The monoisotopic (exact) mass is 558 g/mol. The molecule has 0 aromatic rings. The average Bonchev–Trinajstić information content (AvgIpc) is 2.91. The van der Waals surface area contributed by atoms with Crippen molar-refractivity contribution < 1.29 is 23.7 Å². The van der Waals surface area contributed by atoms with Crippen LogP contribution >= 0.6 is 0 Å². The predicted molar refractivity (Wildman–Crippen MR) is 165 cm³/mol. The number of nitrogens with one attached hydrogen (secondary N) is 1. The fraction of sp³-hybridized carbons (Fsp3) is 0.970. The third-order valence-electron chi connectivity index (χ3n) is 7.40. The highest BCUT2D eigenvalue weighted by molar-refractivity contribution is 5.66. The molecule has 0 atom stereocenters. The van der Waals surface area contributed by atoms with E-state index in [1.165, 1.54) is 96.3 Å². The molecule has 0 aromatic heterocycles. The van der Waals surface area contributed by atoms with E-state index in [0.29, 0.717) is 26.4 Å². The number of carbonyl (C=O) groups is 1. The Bertz CT molecular complexity index is 538. The first-order valence-electron chi connectivity index (χ1n) is 16.4. The lowest BCUT2D eigenvalue weighted by molar-refractivity contribution is -0.109. The number of unbranched alkanes of at least 4 members (excludes halogenated alkanes) is 15. The molecule has 6 nitrogen and oxygen atoms in total. The number of amides is 1. The topological polar surface area (TPSA) is 66.0 Å². The molecule has 0 aliphatic carbocycles. The van der Waals surface area contributed by atoms with E-state index in [0.717, 1.165) is 32.3 Å². The van der Waals surface area contributed by atoms with E-state index < -0.39 is 0 Å². The molecule has 0 bridgehead atoms. The van der Waals surface area contributed by atoms with Gasteiger partial charge >= 0.3 is 6.09 Å². The van der Waals surface area contributed by atoms with Crippen LogP contribution in [0.15, 0.2) is 0 Å². The van der Waals surface area contributed by atoms with Gasteiger partial charge in [-0.2, -0.15) is 0 Å². The Kier molecular flexibility index (Phi) is 25.5. The van der Waals surface area contributed by atoms with Gasteiger partial charge in [0.15, 0.2) is 0 Å². The Morgan fingerprint density at radius 1 is 0.615 bits per heavy atom. The van der Waals surface area contributed by atoms with Crippen LogP contribution in [0.1, 0.15) is 157 Å². The van der Waals surface area contributed by atoms with Crippen LogP contribution < -0.4 is 5.32 Å². The first-order valence-corrected chi connectivity index (χ1v) is 16.4. The third kappa shape index (κ3) is 28.5. The molecule has 0 unspecified atom stereocenters. The second kappa shape index (κ2) is 26.1. The van der Waals surface area contributed by atoms with Crippen molar-refractivity contribution >= 4 is 6.09 Å². The van der Waals surface area contributed by atoms with E-state index >= 15 is 0 Å². The van der Waals surface area contributed by atoms with Crippen molar-refractivity contribution in [3.63, 3.8) is 0 Å². The molecule has 39 heavy (non-hydrogen) atoms. The van der Waals surface area contributed by atoms with Crippen LogP contribution in [0.5, 0.6) is 0 Å². The predicted octanol–water partition coefficient (Wildman–Crippen LogP) is 9.38. The zero-order valence-corrected chi connectivity index (χ0v) is 27.0. The van der Waals surface area contributed by atoms with Crippen molar-refractivity contribution in [2.24, 2.45) is 0 Å². The van der Waals surface area contributed by atoms with Gasteiger partial charge in [0.2, 0.25) is 0 Å². The van der Waals surface area contributed by atoms with Crippen molar-refractivity contribution in [1.29, 1.82) is 0 Å². The van der Waals surface area contributed by atoms with Crippen LogP contribution in [0, 0.1) is 0 Å². The Hall–Kier alpha value is -0.850. The summed E-state index contributed by atoms with van der Waals surface area (Å²) in [4.78, 5) is 11.8. The summed E-state index contributed by atoms with van der Waals surface area (Å²) < 4.78 is 22.3. The molecule has 234 valence electrons. The van der Waals surface area contributed by atoms with E-state index in [9.17, 15) is 4.79 Å². The molecule has 1 N–H and O–H groups in total. The third-order valence-corrected chi connectivity index (χ3v) is 7.40. The fourth-order valence-electron chi connectivity index (χ4n) is 4.44. The SMILES string of the molecule is CCCCCCCCCCCCCCCCCCOCCCOC(=O)NCCCC(C)(C)OCC(C)(C)OC. The zero-order chi connectivity index (χ0) is 29.1. The van der Waals surface area contributed by atoms with Gasteiger partial charge in [-0.3, -0.25) is 0 Å². The molecular weight excluding hydrogens is 490 g/mol. The van der Waals surface area contributed by atoms with Crippen LogP contribution in [0.25, 0.3) is 0 Å². The van der Waals surface area contributed by atoms with E-state index in [1.807, 2.05) is 13.8 Å². The lowest BCUT2D eigenvalue weighted by Crippen LogP contribution is -2.36. The summed E-state index contributed by atoms with van der Waals surface area (Å²) in [7, 11) is 1.69. The van der Waals surface area contributed by atoms with Crippen molar-refractivity contribution in [3.05, 3.63) is 0 Å². The van der Waals surface area contributed by atoms with Gasteiger partial charge in [-0.25, -0.2) is 4.79 Å². The smallest absolute Gasteiger partial charge is 0.407 e. The fourth-order valence-corrected chi connectivity index (χ4v) is 4.44. The molecule has 0 radical (unpaired) electrons. The van der Waals surface area contributed by atoms with Crippen LogP contribution in [0.4, 0.5) is 4.79 Å². The summed E-state index contributed by atoms with van der Waals surface area (Å²) in [5.41, 5.74) is -0.556. The molecular formula is C33H67NO5. The maximum atomic E-state index is 11.8. The van der Waals surface area contributed by atoms with Gasteiger partial charge < -0.3 is 24.3 Å². The van der Waals surface area contributed by atoms with Gasteiger partial charge in [-0.1, -0.05) is 103 Å². The highest BCUT2D eigenvalue weighted by atomic mass is 16.6. The van der Waals surface area contributed by atoms with Gasteiger partial charge in [0.05, 0.1) is 24.4 Å². The normalized spacial score (nSPS) is 12.2. The highest BCUT2D eigenvalue weighted by Crippen LogP contribution is 2.20. The minimum absolute atomic E-state index is 0.259. The number of ether oxygens (including phenoxy) is 4. The molecule has 0 aliphatic rings. The van der Waals surface area contributed by atoms with Gasteiger partial charge in [-0.05, 0) is 47.0 Å². The van der Waals surface area contributed by atoms with Crippen LogP contribution in [-0.4, -0.2) is 57.4 Å². The Morgan fingerprint density at radius 2 is 1.10 bits per heavy atom. The minimum Gasteiger partial charge on any atom is -0.449 e. The minimum atomic E-state index is -0.355. The number of hydrogen-bond donors (Lipinski definition) is 1. The molecule has 0 saturated carbocycles. The van der Waals surface area contributed by atoms with Crippen LogP contribution in [0.3, 0.4) is 0 Å². The van der Waals surface area contributed by atoms with Crippen LogP contribution in [-0.2, 0) is 18.9 Å². The van der Waals surface area contributed by atoms with Gasteiger partial charge in [0, 0.05) is 33.3 Å². The average molecular weight is 558 g/mol. The molecule has 0 heterocycles. The van der Waals surface area contributed by atoms with E-state index in [2.05, 4.69) is 26.1 Å². The van der Waals surface area contributed by atoms with Crippen molar-refractivity contribution in [2.45, 2.75) is 168 Å². The molecule has 0 fully saturated rings. The Balaban J connectivity index is 3.33.